The zero-order valence-electron chi connectivity index (χ0n) is 11.5. The van der Waals surface area contributed by atoms with Gasteiger partial charge in [-0.05, 0) is 36.8 Å². The number of hydrogen-bond acceptors (Lipinski definition) is 3. The minimum absolute atomic E-state index is 0.210. The number of hydrazine groups is 1. The minimum Gasteiger partial charge on any atom is -0.290 e. The molecule has 0 saturated carbocycles. The van der Waals surface area contributed by atoms with Crippen LogP contribution in [0.15, 0.2) is 59.6 Å². The minimum atomic E-state index is -1.03. The number of nitrogens with zero attached hydrogens (tertiary/aromatic N) is 2. The topological polar surface area (TPSA) is 44.7 Å². The van der Waals surface area contributed by atoms with E-state index in [9.17, 15) is 9.18 Å². The highest BCUT2D eigenvalue weighted by Crippen LogP contribution is 2.31. The summed E-state index contributed by atoms with van der Waals surface area (Å²) in [5.74, 6) is -0.547. The molecule has 0 spiro atoms. The molecule has 0 unspecified atom stereocenters. The summed E-state index contributed by atoms with van der Waals surface area (Å²) < 4.78 is 13.0. The second-order valence-electron chi connectivity index (χ2n) is 4.98. The third-order valence-corrected chi connectivity index (χ3v) is 3.50. The predicted octanol–water partition coefficient (Wildman–Crippen LogP) is 2.94. The van der Waals surface area contributed by atoms with Gasteiger partial charge in [0.15, 0.2) is 5.54 Å². The van der Waals surface area contributed by atoms with E-state index < -0.39 is 5.54 Å². The van der Waals surface area contributed by atoms with E-state index in [0.717, 1.165) is 5.69 Å². The molecule has 3 rings (SSSR count). The summed E-state index contributed by atoms with van der Waals surface area (Å²) in [7, 11) is 0. The number of benzene rings is 2. The third kappa shape index (κ3) is 2.38. The lowest BCUT2D eigenvalue weighted by atomic mass is 9.92. The Bertz CT molecular complexity index is 684. The first-order chi connectivity index (χ1) is 10.1. The zero-order valence-corrected chi connectivity index (χ0v) is 11.5. The number of para-hydroxylation sites is 1. The van der Waals surface area contributed by atoms with Crippen LogP contribution in [0.2, 0.25) is 0 Å². The van der Waals surface area contributed by atoms with Crippen LogP contribution in [0, 0.1) is 5.82 Å². The molecule has 2 aromatic rings. The van der Waals surface area contributed by atoms with Gasteiger partial charge < -0.3 is 0 Å². The van der Waals surface area contributed by atoms with Crippen molar-refractivity contribution in [3.63, 3.8) is 0 Å². The Morgan fingerprint density at radius 3 is 2.43 bits per heavy atom. The Balaban J connectivity index is 1.83. The highest BCUT2D eigenvalue weighted by molar-refractivity contribution is 6.01. The van der Waals surface area contributed by atoms with E-state index in [-0.39, 0.29) is 11.7 Å². The maximum absolute atomic E-state index is 13.0. The van der Waals surface area contributed by atoms with Crippen molar-refractivity contribution in [1.82, 2.24) is 5.01 Å². The molecule has 1 amide bonds. The fourth-order valence-corrected chi connectivity index (χ4v) is 2.22. The van der Waals surface area contributed by atoms with Crippen LogP contribution in [-0.4, -0.2) is 17.3 Å². The number of amides is 1. The van der Waals surface area contributed by atoms with Gasteiger partial charge in [-0.25, -0.2) is 9.40 Å². The first-order valence-corrected chi connectivity index (χ1v) is 6.56. The maximum Gasteiger partial charge on any atom is 0.278 e. The Morgan fingerprint density at radius 2 is 1.76 bits per heavy atom. The number of nitrogens with one attached hydrogen (secondary N) is 1. The van der Waals surface area contributed by atoms with E-state index in [1.807, 2.05) is 30.3 Å². The van der Waals surface area contributed by atoms with Gasteiger partial charge >= 0.3 is 0 Å². The summed E-state index contributed by atoms with van der Waals surface area (Å²) in [6, 6.07) is 15.2. The Hall–Kier alpha value is -2.69. The van der Waals surface area contributed by atoms with Gasteiger partial charge in [0, 0.05) is 0 Å². The summed E-state index contributed by atoms with van der Waals surface area (Å²) in [6.45, 7) is 1.71. The molecular formula is C16H14FN3O. The van der Waals surface area contributed by atoms with E-state index >= 15 is 0 Å². The molecular weight excluding hydrogens is 269 g/mol. The van der Waals surface area contributed by atoms with E-state index in [4.69, 9.17) is 0 Å². The number of hydrogen-bond donors (Lipinski definition) is 1. The SMILES string of the molecule is C[C@]1(c2ccc(F)cc2)N=CN(Nc2ccccc2)C1=O. The van der Waals surface area contributed by atoms with E-state index in [0.29, 0.717) is 5.56 Å². The van der Waals surface area contributed by atoms with Crippen molar-refractivity contribution in [2.45, 2.75) is 12.5 Å². The number of carbonyl (C=O) groups excluding carboxylic acids is 1. The lowest BCUT2D eigenvalue weighted by Crippen LogP contribution is -2.40. The molecule has 5 heteroatoms. The van der Waals surface area contributed by atoms with Crippen molar-refractivity contribution in [1.29, 1.82) is 0 Å². The molecule has 1 atom stereocenters. The molecule has 4 nitrogen and oxygen atoms in total. The monoisotopic (exact) mass is 283 g/mol. The van der Waals surface area contributed by atoms with Crippen molar-refractivity contribution in [2.75, 3.05) is 5.43 Å². The third-order valence-electron chi connectivity index (χ3n) is 3.50. The highest BCUT2D eigenvalue weighted by Gasteiger charge is 2.42. The molecule has 1 aliphatic rings. The number of rotatable bonds is 3. The average molecular weight is 283 g/mol. The zero-order chi connectivity index (χ0) is 14.9. The van der Waals surface area contributed by atoms with Gasteiger partial charge in [0.05, 0.1) is 5.69 Å². The summed E-state index contributed by atoms with van der Waals surface area (Å²) >= 11 is 0. The standard InChI is InChI=1S/C16H14FN3O/c1-16(12-7-9-13(17)10-8-12)15(21)20(11-18-16)19-14-5-3-2-4-6-14/h2-11,19H,1H3/t16-/m1/s1. The molecule has 2 aromatic carbocycles. The molecule has 106 valence electrons. The molecule has 1 heterocycles. The average Bonchev–Trinajstić information content (AvgIpc) is 2.79. The van der Waals surface area contributed by atoms with Crippen LogP contribution >= 0.6 is 0 Å². The van der Waals surface area contributed by atoms with Crippen LogP contribution < -0.4 is 5.43 Å². The quantitative estimate of drug-likeness (QED) is 0.941. The van der Waals surface area contributed by atoms with Crippen LogP contribution in [0.5, 0.6) is 0 Å². The van der Waals surface area contributed by atoms with Gasteiger partial charge in [0.1, 0.15) is 12.2 Å². The molecule has 0 bridgehead atoms. The van der Waals surface area contributed by atoms with Gasteiger partial charge in [-0.2, -0.15) is 0 Å². The van der Waals surface area contributed by atoms with Crippen LogP contribution in [0.25, 0.3) is 0 Å². The van der Waals surface area contributed by atoms with Crippen molar-refractivity contribution in [3.8, 4) is 0 Å². The first kappa shape index (κ1) is 13.3. The predicted molar refractivity (Wildman–Crippen MR) is 79.2 cm³/mol. The summed E-state index contributed by atoms with van der Waals surface area (Å²) in [6.07, 6.45) is 1.46. The second-order valence-corrected chi connectivity index (χ2v) is 4.98. The molecule has 0 aromatic heterocycles. The van der Waals surface area contributed by atoms with Gasteiger partial charge in [-0.1, -0.05) is 30.3 Å². The Kier molecular flexibility index (Phi) is 3.17. The fraction of sp³-hybridized carbons (Fsp3) is 0.125. The van der Waals surface area contributed by atoms with Crippen LogP contribution in [0.1, 0.15) is 12.5 Å². The first-order valence-electron chi connectivity index (χ1n) is 6.56. The molecule has 1 aliphatic heterocycles. The van der Waals surface area contributed by atoms with Gasteiger partial charge in [-0.15, -0.1) is 0 Å². The fourth-order valence-electron chi connectivity index (χ4n) is 2.22. The van der Waals surface area contributed by atoms with E-state index in [1.54, 1.807) is 19.1 Å². The molecule has 0 radical (unpaired) electrons. The number of aliphatic imine (C=N–C) groups is 1. The Morgan fingerprint density at radius 1 is 1.10 bits per heavy atom. The molecule has 21 heavy (non-hydrogen) atoms. The van der Waals surface area contributed by atoms with Crippen molar-refractivity contribution >= 4 is 17.9 Å². The summed E-state index contributed by atoms with van der Waals surface area (Å²) in [5.41, 5.74) is 3.40. The highest BCUT2D eigenvalue weighted by atomic mass is 19.1. The van der Waals surface area contributed by atoms with Crippen LogP contribution in [0.3, 0.4) is 0 Å². The number of halogens is 1. The molecule has 0 saturated heterocycles. The largest absolute Gasteiger partial charge is 0.290 e. The van der Waals surface area contributed by atoms with Gasteiger partial charge in [0.2, 0.25) is 0 Å². The van der Waals surface area contributed by atoms with E-state index in [1.165, 1.54) is 23.5 Å². The normalized spacial score (nSPS) is 20.9. The lowest BCUT2D eigenvalue weighted by Gasteiger charge is -2.23. The summed E-state index contributed by atoms with van der Waals surface area (Å²) in [5, 5.41) is 1.35. The molecule has 0 aliphatic carbocycles. The van der Waals surface area contributed by atoms with E-state index in [2.05, 4.69) is 10.4 Å². The lowest BCUT2D eigenvalue weighted by molar-refractivity contribution is -0.129. The Labute approximate surface area is 121 Å². The molecule has 0 fully saturated rings. The van der Waals surface area contributed by atoms with Crippen LogP contribution in [-0.2, 0) is 10.3 Å². The number of anilines is 1. The van der Waals surface area contributed by atoms with Gasteiger partial charge in [-0.3, -0.25) is 15.2 Å². The molecule has 1 N–H and O–H groups in total. The van der Waals surface area contributed by atoms with Crippen molar-refractivity contribution < 1.29 is 9.18 Å². The number of carbonyl (C=O) groups is 1. The van der Waals surface area contributed by atoms with Gasteiger partial charge in [0.25, 0.3) is 5.91 Å². The van der Waals surface area contributed by atoms with Crippen molar-refractivity contribution in [3.05, 3.63) is 66.0 Å². The smallest absolute Gasteiger partial charge is 0.278 e. The van der Waals surface area contributed by atoms with Crippen LogP contribution in [0.4, 0.5) is 10.1 Å². The summed E-state index contributed by atoms with van der Waals surface area (Å²) in [4.78, 5) is 16.9. The maximum atomic E-state index is 13.0. The second kappa shape index (κ2) is 5.01. The van der Waals surface area contributed by atoms with Crippen molar-refractivity contribution in [2.24, 2.45) is 4.99 Å².